The zero-order valence-corrected chi connectivity index (χ0v) is 4.01. The molecule has 0 aliphatic rings. The molecule has 4 heteroatoms. The van der Waals surface area contributed by atoms with E-state index in [4.69, 9.17) is 4.79 Å². The normalized spacial score (nSPS) is 4.33. The largest absolute Gasteiger partial charge is 0.412 e. The van der Waals surface area contributed by atoms with Crippen LogP contribution in [0.2, 0.25) is 0 Å². The number of carbonyl (C=O) groups excluding carboxylic acids is 1. The Bertz CT molecular complexity index is 34.5. The van der Waals surface area contributed by atoms with Gasteiger partial charge in [-0.1, -0.05) is 0 Å². The van der Waals surface area contributed by atoms with Crippen LogP contribution in [0.3, 0.4) is 0 Å². The van der Waals surface area contributed by atoms with Gasteiger partial charge in [-0.25, -0.2) is 0 Å². The number of hydrogen-bond donors (Lipinski definition) is 0. The predicted molar refractivity (Wildman–Crippen MR) is 22.7 cm³/mol. The highest BCUT2D eigenvalue weighted by molar-refractivity contribution is 5.85. The Morgan fingerprint density at radius 2 is 1.67 bits per heavy atom. The molecule has 0 aromatic heterocycles. The summed E-state index contributed by atoms with van der Waals surface area (Å²) in [6.07, 6.45) is 0. The van der Waals surface area contributed by atoms with Crippen molar-refractivity contribution >= 4 is 18.4 Å². The van der Waals surface area contributed by atoms with Crippen molar-refractivity contribution in [3.05, 3.63) is 0 Å². The minimum Gasteiger partial charge on any atom is -0.412 e. The van der Waals surface area contributed by atoms with E-state index in [0.29, 0.717) is 0 Å². The van der Waals surface area contributed by atoms with Gasteiger partial charge in [0.15, 0.2) is 0 Å². The van der Waals surface area contributed by atoms with Crippen molar-refractivity contribution in [2.24, 2.45) is 0 Å². The van der Waals surface area contributed by atoms with Crippen LogP contribution in [0.15, 0.2) is 0 Å². The van der Waals surface area contributed by atoms with Gasteiger partial charge in [-0.05, 0) is 0 Å². The summed E-state index contributed by atoms with van der Waals surface area (Å²) in [7, 11) is 0. The second kappa shape index (κ2) is 8.85. The van der Waals surface area contributed by atoms with Gasteiger partial charge in [0, 0.05) is 6.92 Å². The van der Waals surface area contributed by atoms with E-state index in [9.17, 15) is 4.39 Å². The van der Waals surface area contributed by atoms with Crippen molar-refractivity contribution in [2.45, 2.75) is 6.92 Å². The maximum absolute atomic E-state index is 10.4. The second-order valence-electron chi connectivity index (χ2n) is 0.470. The Kier molecular flexibility index (Phi) is 25.0. The van der Waals surface area contributed by atoms with Crippen molar-refractivity contribution in [3.63, 3.8) is 0 Å². The van der Waals surface area contributed by atoms with Gasteiger partial charge in [0.25, 0.3) is 6.04 Å². The van der Waals surface area contributed by atoms with Crippen LogP contribution in [-0.4, -0.2) is 11.5 Å². The fourth-order valence-electron chi connectivity index (χ4n) is 0. The molecule has 2 N–H and O–H groups in total. The third-order valence-corrected chi connectivity index (χ3v) is 0. The Labute approximate surface area is 41.1 Å². The second-order valence-corrected chi connectivity index (χ2v) is 0.470. The first-order chi connectivity index (χ1) is 1.73. The Morgan fingerprint density at radius 1 is 1.67 bits per heavy atom. The monoisotopic (exact) mass is 116 g/mol. The summed E-state index contributed by atoms with van der Waals surface area (Å²) in [5.74, 6) is 0. The molecule has 0 radical (unpaired) electrons. The highest BCUT2D eigenvalue weighted by atomic mass is 35.5. The molecular weight excluding hydrogens is 110 g/mol. The molecule has 0 bridgehead atoms. The summed E-state index contributed by atoms with van der Waals surface area (Å²) >= 11 is 0. The highest BCUT2D eigenvalue weighted by Crippen LogP contribution is 1.58. The molecule has 0 amide bonds. The Hall–Kier alpha value is -0.150. The van der Waals surface area contributed by atoms with Crippen LogP contribution < -0.4 is 0 Å². The predicted octanol–water partition coefficient (Wildman–Crippen LogP) is 0.0995. The molecule has 0 aromatic carbocycles. The molecule has 0 spiro atoms. The lowest BCUT2D eigenvalue weighted by Crippen LogP contribution is -1.65. The molecule has 0 aliphatic carbocycles. The van der Waals surface area contributed by atoms with Gasteiger partial charge in [-0.15, -0.1) is 12.4 Å². The Morgan fingerprint density at radius 3 is 1.67 bits per heavy atom. The molecule has 0 atom stereocenters. The van der Waals surface area contributed by atoms with E-state index < -0.39 is 6.04 Å². The molecule has 0 aliphatic heterocycles. The van der Waals surface area contributed by atoms with Crippen LogP contribution in [-0.2, 0) is 4.79 Å². The first-order valence-corrected chi connectivity index (χ1v) is 0.893. The van der Waals surface area contributed by atoms with Crippen LogP contribution in [0.25, 0.3) is 0 Å². The third-order valence-electron chi connectivity index (χ3n) is 0. The van der Waals surface area contributed by atoms with E-state index >= 15 is 0 Å². The maximum Gasteiger partial charge on any atom is 0.298 e. The lowest BCUT2D eigenvalue weighted by molar-refractivity contribution is -0.126. The van der Waals surface area contributed by atoms with E-state index in [1.807, 2.05) is 0 Å². The summed E-state index contributed by atoms with van der Waals surface area (Å²) < 4.78 is 10.4. The number of rotatable bonds is 0. The molecule has 0 heterocycles. The molecule has 40 valence electrons. The van der Waals surface area contributed by atoms with E-state index in [0.717, 1.165) is 6.92 Å². The number of hydrogen-bond acceptors (Lipinski definition) is 1. The minimum atomic E-state index is -1.33. The summed E-state index contributed by atoms with van der Waals surface area (Å²) in [5.41, 5.74) is 0. The van der Waals surface area contributed by atoms with Crippen molar-refractivity contribution in [2.75, 3.05) is 0 Å². The highest BCUT2D eigenvalue weighted by Gasteiger charge is 1.69. The summed E-state index contributed by atoms with van der Waals surface area (Å²) in [4.78, 5) is 8.78. The van der Waals surface area contributed by atoms with Gasteiger partial charge in [-0.3, -0.25) is 4.79 Å². The van der Waals surface area contributed by atoms with Crippen LogP contribution in [0.5, 0.6) is 0 Å². The molecule has 0 saturated heterocycles. The van der Waals surface area contributed by atoms with Gasteiger partial charge in [0.1, 0.15) is 0 Å². The molecule has 2 nitrogen and oxygen atoms in total. The first-order valence-electron chi connectivity index (χ1n) is 0.893. The topological polar surface area (TPSA) is 48.6 Å². The standard InChI is InChI=1S/C2H3FO.ClH.H2O/c1-2(3)4;;/h1H3;1H;1H2. The van der Waals surface area contributed by atoms with Gasteiger partial charge in [-0.2, -0.15) is 4.39 Å². The molecule has 0 aromatic rings. The zero-order chi connectivity index (χ0) is 3.58. The SMILES string of the molecule is CC(=O)F.Cl.O. The fraction of sp³-hybridized carbons (Fsp3) is 0.500. The first kappa shape index (κ1) is 16.9. The number of halogens is 2. The minimum absolute atomic E-state index is 0. The number of carbonyl (C=O) groups is 1. The molecule has 0 unspecified atom stereocenters. The average molecular weight is 117 g/mol. The zero-order valence-electron chi connectivity index (χ0n) is 3.19. The fourth-order valence-corrected chi connectivity index (χ4v) is 0. The van der Waals surface area contributed by atoms with E-state index in [2.05, 4.69) is 0 Å². The molecule has 0 fully saturated rings. The van der Waals surface area contributed by atoms with E-state index in [-0.39, 0.29) is 17.9 Å². The van der Waals surface area contributed by atoms with Crippen LogP contribution in [0.1, 0.15) is 6.92 Å². The van der Waals surface area contributed by atoms with Crippen molar-refractivity contribution in [3.8, 4) is 0 Å². The summed E-state index contributed by atoms with van der Waals surface area (Å²) in [5, 5.41) is 0. The summed E-state index contributed by atoms with van der Waals surface area (Å²) in [6.45, 7) is 0.861. The molecule has 0 saturated carbocycles. The lowest BCUT2D eigenvalue weighted by Gasteiger charge is -1.50. The van der Waals surface area contributed by atoms with Gasteiger partial charge >= 0.3 is 0 Å². The average Bonchev–Trinajstić information content (AvgIpc) is 0.811. The Balaban J connectivity index is -0.0000000450. The molecule has 0 rings (SSSR count). The van der Waals surface area contributed by atoms with Crippen molar-refractivity contribution < 1.29 is 14.7 Å². The third kappa shape index (κ3) is 1390. The summed E-state index contributed by atoms with van der Waals surface area (Å²) in [6, 6.07) is -1.33. The van der Waals surface area contributed by atoms with Gasteiger partial charge in [0.2, 0.25) is 0 Å². The van der Waals surface area contributed by atoms with Gasteiger partial charge < -0.3 is 5.48 Å². The van der Waals surface area contributed by atoms with Gasteiger partial charge in [0.05, 0.1) is 0 Å². The lowest BCUT2D eigenvalue weighted by atomic mass is 10.9. The van der Waals surface area contributed by atoms with E-state index in [1.54, 1.807) is 0 Å². The van der Waals surface area contributed by atoms with Crippen molar-refractivity contribution in [1.82, 2.24) is 0 Å². The van der Waals surface area contributed by atoms with Crippen LogP contribution in [0.4, 0.5) is 4.39 Å². The van der Waals surface area contributed by atoms with Crippen molar-refractivity contribution in [1.29, 1.82) is 0 Å². The smallest absolute Gasteiger partial charge is 0.298 e. The van der Waals surface area contributed by atoms with Crippen LogP contribution in [0, 0.1) is 0 Å². The quantitative estimate of drug-likeness (QED) is 0.414. The maximum atomic E-state index is 10.4. The van der Waals surface area contributed by atoms with Crippen LogP contribution >= 0.6 is 12.4 Å². The molecular formula is C2H6ClFO2. The van der Waals surface area contributed by atoms with E-state index in [1.165, 1.54) is 0 Å². The molecule has 6 heavy (non-hydrogen) atoms.